The molecule has 0 aromatic rings. The molecule has 0 aromatic carbocycles. The van der Waals surface area contributed by atoms with Crippen molar-refractivity contribution in [2.24, 2.45) is 5.73 Å². The quantitative estimate of drug-likeness (QED) is 0.479. The number of ether oxygens (including phenoxy) is 1. The summed E-state index contributed by atoms with van der Waals surface area (Å²) < 4.78 is 30.3. The predicted octanol–water partition coefficient (Wildman–Crippen LogP) is -1.17. The summed E-state index contributed by atoms with van der Waals surface area (Å²) in [4.78, 5) is 2.01. The third-order valence-electron chi connectivity index (χ3n) is 1.87. The first-order valence-electron chi connectivity index (χ1n) is 5.38. The van der Waals surface area contributed by atoms with Crippen molar-refractivity contribution >= 4 is 10.0 Å². The molecule has 0 aromatic heterocycles. The van der Waals surface area contributed by atoms with Gasteiger partial charge < -0.3 is 15.4 Å². The topological polar surface area (TPSA) is 84.7 Å². The van der Waals surface area contributed by atoms with Gasteiger partial charge in [-0.2, -0.15) is 0 Å². The first-order valence-corrected chi connectivity index (χ1v) is 7.03. The van der Waals surface area contributed by atoms with Gasteiger partial charge in [0.05, 0.1) is 19.0 Å². The van der Waals surface area contributed by atoms with E-state index in [-0.39, 0.29) is 5.75 Å². The molecular formula is C9H23N3O3S. The highest BCUT2D eigenvalue weighted by atomic mass is 32.2. The summed E-state index contributed by atoms with van der Waals surface area (Å²) in [5.41, 5.74) is 5.24. The Labute approximate surface area is 98.2 Å². The summed E-state index contributed by atoms with van der Waals surface area (Å²) in [7, 11) is 0.747. The lowest BCUT2D eigenvalue weighted by Crippen LogP contribution is -2.31. The Morgan fingerprint density at radius 1 is 1.31 bits per heavy atom. The van der Waals surface area contributed by atoms with Gasteiger partial charge in [-0.1, -0.05) is 0 Å². The minimum atomic E-state index is -3.17. The second-order valence-electron chi connectivity index (χ2n) is 3.77. The van der Waals surface area contributed by atoms with E-state index in [1.165, 1.54) is 0 Å². The van der Waals surface area contributed by atoms with Crippen LogP contribution in [-0.2, 0) is 14.8 Å². The van der Waals surface area contributed by atoms with Crippen LogP contribution < -0.4 is 10.5 Å². The molecule has 0 bridgehead atoms. The highest BCUT2D eigenvalue weighted by Crippen LogP contribution is 1.87. The summed E-state index contributed by atoms with van der Waals surface area (Å²) in [5, 5.41) is 0. The van der Waals surface area contributed by atoms with Crippen LogP contribution in [0.3, 0.4) is 0 Å². The molecule has 0 saturated carbocycles. The zero-order valence-corrected chi connectivity index (χ0v) is 10.9. The molecule has 0 heterocycles. The lowest BCUT2D eigenvalue weighted by molar-refractivity contribution is 0.122. The Bertz CT molecular complexity index is 255. The van der Waals surface area contributed by atoms with Gasteiger partial charge in [-0.3, -0.25) is 0 Å². The zero-order valence-electron chi connectivity index (χ0n) is 10.1. The molecular weight excluding hydrogens is 230 g/mol. The summed E-state index contributed by atoms with van der Waals surface area (Å²) in [6, 6.07) is 0. The van der Waals surface area contributed by atoms with Crippen molar-refractivity contribution < 1.29 is 13.2 Å². The summed E-state index contributed by atoms with van der Waals surface area (Å²) >= 11 is 0. The van der Waals surface area contributed by atoms with Gasteiger partial charge in [-0.05, 0) is 27.1 Å². The van der Waals surface area contributed by atoms with E-state index in [0.717, 1.165) is 6.54 Å². The number of sulfonamides is 1. The van der Waals surface area contributed by atoms with Crippen LogP contribution in [0, 0.1) is 0 Å². The van der Waals surface area contributed by atoms with Gasteiger partial charge in [0.2, 0.25) is 10.0 Å². The molecule has 7 heteroatoms. The van der Waals surface area contributed by atoms with E-state index in [1.54, 1.807) is 0 Å². The molecule has 0 spiro atoms. The number of nitrogens with zero attached hydrogens (tertiary/aromatic N) is 1. The van der Waals surface area contributed by atoms with Crippen LogP contribution in [0.5, 0.6) is 0 Å². The molecule has 3 N–H and O–H groups in total. The fourth-order valence-electron chi connectivity index (χ4n) is 0.964. The van der Waals surface area contributed by atoms with Crippen molar-refractivity contribution in [1.82, 2.24) is 9.62 Å². The van der Waals surface area contributed by atoms with Gasteiger partial charge in [0, 0.05) is 13.1 Å². The maximum atomic E-state index is 11.3. The number of hydrogen-bond donors (Lipinski definition) is 2. The van der Waals surface area contributed by atoms with Crippen LogP contribution in [-0.4, -0.2) is 66.0 Å². The Kier molecular flexibility index (Phi) is 8.77. The van der Waals surface area contributed by atoms with Crippen LogP contribution in [0.2, 0.25) is 0 Å². The largest absolute Gasteiger partial charge is 0.379 e. The normalized spacial score (nSPS) is 12.2. The fraction of sp³-hybridized carbons (Fsp3) is 1.00. The molecule has 0 amide bonds. The first-order chi connectivity index (χ1) is 7.48. The molecule has 0 radical (unpaired) electrons. The Morgan fingerprint density at radius 2 is 2.00 bits per heavy atom. The van der Waals surface area contributed by atoms with Gasteiger partial charge in [-0.25, -0.2) is 13.1 Å². The Morgan fingerprint density at radius 3 is 2.56 bits per heavy atom. The number of nitrogens with one attached hydrogen (secondary N) is 1. The number of hydrogen-bond acceptors (Lipinski definition) is 5. The van der Waals surface area contributed by atoms with Gasteiger partial charge in [0.15, 0.2) is 0 Å². The second-order valence-corrected chi connectivity index (χ2v) is 5.70. The molecule has 16 heavy (non-hydrogen) atoms. The number of rotatable bonds is 10. The molecule has 98 valence electrons. The minimum absolute atomic E-state index is 0.0845. The standard InChI is InChI=1S/C9H23N3O3S/c1-12(2)6-8-15-7-5-11-16(13,14)9-3-4-10/h11H,3-10H2,1-2H3. The molecule has 0 fully saturated rings. The van der Waals surface area contributed by atoms with Crippen molar-refractivity contribution in [3.8, 4) is 0 Å². The molecule has 0 rings (SSSR count). The van der Waals surface area contributed by atoms with Crippen molar-refractivity contribution in [2.45, 2.75) is 6.42 Å². The molecule has 0 atom stereocenters. The van der Waals surface area contributed by atoms with E-state index in [9.17, 15) is 8.42 Å². The molecule has 0 aliphatic carbocycles. The zero-order chi connectivity index (χ0) is 12.4. The Hall–Kier alpha value is -0.210. The summed E-state index contributed by atoms with van der Waals surface area (Å²) in [6.45, 7) is 2.55. The molecule has 0 saturated heterocycles. The van der Waals surface area contributed by atoms with Gasteiger partial charge in [0.25, 0.3) is 0 Å². The predicted molar refractivity (Wildman–Crippen MR) is 64.8 cm³/mol. The summed E-state index contributed by atoms with van der Waals surface area (Å²) in [6.07, 6.45) is 0.483. The SMILES string of the molecule is CN(C)CCOCCNS(=O)(=O)CCCN. The average molecular weight is 253 g/mol. The second kappa shape index (κ2) is 8.89. The van der Waals surface area contributed by atoms with Crippen LogP contribution >= 0.6 is 0 Å². The van der Waals surface area contributed by atoms with E-state index >= 15 is 0 Å². The van der Waals surface area contributed by atoms with Crippen LogP contribution in [0.1, 0.15) is 6.42 Å². The highest BCUT2D eigenvalue weighted by Gasteiger charge is 2.07. The number of nitrogens with two attached hydrogens (primary N) is 1. The molecule has 0 aliphatic heterocycles. The lowest BCUT2D eigenvalue weighted by atomic mass is 10.5. The van der Waals surface area contributed by atoms with Crippen molar-refractivity contribution in [3.05, 3.63) is 0 Å². The van der Waals surface area contributed by atoms with Gasteiger partial charge in [0.1, 0.15) is 0 Å². The van der Waals surface area contributed by atoms with E-state index in [2.05, 4.69) is 4.72 Å². The van der Waals surface area contributed by atoms with E-state index < -0.39 is 10.0 Å². The van der Waals surface area contributed by atoms with Gasteiger partial charge in [-0.15, -0.1) is 0 Å². The highest BCUT2D eigenvalue weighted by molar-refractivity contribution is 7.89. The number of likely N-dealkylation sites (N-methyl/N-ethyl adjacent to an activating group) is 1. The van der Waals surface area contributed by atoms with Crippen molar-refractivity contribution in [2.75, 3.05) is 52.7 Å². The van der Waals surface area contributed by atoms with E-state index in [1.807, 2.05) is 19.0 Å². The smallest absolute Gasteiger partial charge is 0.211 e. The average Bonchev–Trinajstić information content (AvgIpc) is 2.20. The third kappa shape index (κ3) is 10.3. The molecule has 0 unspecified atom stereocenters. The van der Waals surface area contributed by atoms with E-state index in [0.29, 0.717) is 32.7 Å². The summed E-state index contributed by atoms with van der Waals surface area (Å²) in [5.74, 6) is 0.0845. The van der Waals surface area contributed by atoms with Gasteiger partial charge >= 0.3 is 0 Å². The third-order valence-corrected chi connectivity index (χ3v) is 3.34. The minimum Gasteiger partial charge on any atom is -0.379 e. The van der Waals surface area contributed by atoms with Crippen LogP contribution in [0.15, 0.2) is 0 Å². The first kappa shape index (κ1) is 15.8. The van der Waals surface area contributed by atoms with Crippen LogP contribution in [0.4, 0.5) is 0 Å². The molecule has 0 aliphatic rings. The maximum absolute atomic E-state index is 11.3. The maximum Gasteiger partial charge on any atom is 0.211 e. The van der Waals surface area contributed by atoms with Crippen molar-refractivity contribution in [3.63, 3.8) is 0 Å². The van der Waals surface area contributed by atoms with E-state index in [4.69, 9.17) is 10.5 Å². The van der Waals surface area contributed by atoms with Crippen molar-refractivity contribution in [1.29, 1.82) is 0 Å². The molecule has 6 nitrogen and oxygen atoms in total. The lowest BCUT2D eigenvalue weighted by Gasteiger charge is -2.10. The monoisotopic (exact) mass is 253 g/mol. The van der Waals surface area contributed by atoms with Crippen LogP contribution in [0.25, 0.3) is 0 Å². The fourth-order valence-corrected chi connectivity index (χ4v) is 2.05. The Balaban J connectivity index is 3.43.